The van der Waals surface area contributed by atoms with Crippen LogP contribution in [0.1, 0.15) is 54.6 Å². The molecule has 0 saturated heterocycles. The van der Waals surface area contributed by atoms with E-state index in [1.165, 1.54) is 0 Å². The van der Waals surface area contributed by atoms with Gasteiger partial charge in [0.15, 0.2) is 5.78 Å². The van der Waals surface area contributed by atoms with Gasteiger partial charge in [0.2, 0.25) is 0 Å². The van der Waals surface area contributed by atoms with Gasteiger partial charge in [-0.3, -0.25) is 9.78 Å². The average Bonchev–Trinajstić information content (AvgIpc) is 3.66. The molecule has 0 spiro atoms. The van der Waals surface area contributed by atoms with E-state index in [1.807, 2.05) is 18.2 Å². The summed E-state index contributed by atoms with van der Waals surface area (Å²) in [6.45, 7) is 0. The van der Waals surface area contributed by atoms with Crippen LogP contribution in [0.4, 0.5) is 5.69 Å². The minimum atomic E-state index is 0.130. The van der Waals surface area contributed by atoms with Crippen molar-refractivity contribution >= 4 is 22.4 Å². The molecule has 0 radical (unpaired) electrons. The van der Waals surface area contributed by atoms with Gasteiger partial charge in [-0.25, -0.2) is 4.98 Å². The number of anilines is 1. The molecular formula is C25H25N5O. The summed E-state index contributed by atoms with van der Waals surface area (Å²) in [7, 11) is 0. The number of carbonyl (C=O) groups is 1. The monoisotopic (exact) mass is 411 g/mol. The molecule has 3 N–H and O–H groups in total. The molecule has 31 heavy (non-hydrogen) atoms. The molecule has 2 aliphatic rings. The van der Waals surface area contributed by atoms with E-state index in [0.717, 1.165) is 66.2 Å². The van der Waals surface area contributed by atoms with Gasteiger partial charge in [0.1, 0.15) is 11.8 Å². The van der Waals surface area contributed by atoms with E-state index in [-0.39, 0.29) is 17.7 Å². The van der Waals surface area contributed by atoms with E-state index >= 15 is 0 Å². The van der Waals surface area contributed by atoms with Crippen LogP contribution in [0, 0.1) is 17.2 Å². The Morgan fingerprint density at radius 2 is 1.77 bits per heavy atom. The molecule has 156 valence electrons. The summed E-state index contributed by atoms with van der Waals surface area (Å²) >= 11 is 0. The van der Waals surface area contributed by atoms with Gasteiger partial charge < -0.3 is 11.1 Å². The number of ketones is 1. The Balaban J connectivity index is 1.58. The third-order valence-corrected chi connectivity index (χ3v) is 6.41. The van der Waals surface area contributed by atoms with E-state index in [0.29, 0.717) is 17.3 Å². The standard InChI is InChI=1S/C25H25N5O/c26-12-20-7-3-17(13-28-20)16-4-10-23-21(11-16)24(30-19-8-5-18(27)6-9-19)22(14-29-23)25(31)15-1-2-15/h3-4,7,10-11,13-15,18-19H,1-2,5-6,8-9,27H2,(H,29,30). The SMILES string of the molecule is N#Cc1ccc(-c2ccc3ncc(C(=O)C4CC4)c(NC4CCC(N)CC4)c3c2)cn1. The quantitative estimate of drug-likeness (QED) is 0.601. The van der Waals surface area contributed by atoms with Crippen LogP contribution in [-0.2, 0) is 0 Å². The number of hydrogen-bond acceptors (Lipinski definition) is 6. The van der Waals surface area contributed by atoms with Gasteiger partial charge >= 0.3 is 0 Å². The summed E-state index contributed by atoms with van der Waals surface area (Å²) in [5, 5.41) is 13.7. The summed E-state index contributed by atoms with van der Waals surface area (Å²) in [5.74, 6) is 0.320. The molecule has 6 heteroatoms. The largest absolute Gasteiger partial charge is 0.381 e. The van der Waals surface area contributed by atoms with Crippen LogP contribution in [0.15, 0.2) is 42.7 Å². The van der Waals surface area contributed by atoms with Gasteiger partial charge in [-0.05, 0) is 68.4 Å². The second-order valence-corrected chi connectivity index (χ2v) is 8.72. The predicted octanol–water partition coefficient (Wildman–Crippen LogP) is 4.44. The normalized spacial score (nSPS) is 20.9. The first-order chi connectivity index (χ1) is 15.1. The Morgan fingerprint density at radius 3 is 2.45 bits per heavy atom. The number of nitrogens with two attached hydrogens (primary N) is 1. The Labute approximate surface area is 181 Å². The van der Waals surface area contributed by atoms with E-state index in [4.69, 9.17) is 11.0 Å². The van der Waals surface area contributed by atoms with Crippen molar-refractivity contribution in [1.82, 2.24) is 9.97 Å². The van der Waals surface area contributed by atoms with E-state index in [2.05, 4.69) is 27.4 Å². The first-order valence-electron chi connectivity index (χ1n) is 11.0. The van der Waals surface area contributed by atoms with Gasteiger partial charge in [0, 0.05) is 41.3 Å². The fourth-order valence-electron chi connectivity index (χ4n) is 4.38. The molecule has 3 aromatic rings. The number of nitrogens with one attached hydrogen (secondary N) is 1. The average molecular weight is 412 g/mol. The highest BCUT2D eigenvalue weighted by Crippen LogP contribution is 2.38. The lowest BCUT2D eigenvalue weighted by Crippen LogP contribution is -2.33. The minimum absolute atomic E-state index is 0.130. The highest BCUT2D eigenvalue weighted by molar-refractivity contribution is 6.10. The van der Waals surface area contributed by atoms with Gasteiger partial charge in [0.25, 0.3) is 0 Å². The van der Waals surface area contributed by atoms with Crippen LogP contribution < -0.4 is 11.1 Å². The van der Waals surface area contributed by atoms with Crippen molar-refractivity contribution in [2.75, 3.05) is 5.32 Å². The van der Waals surface area contributed by atoms with Crippen molar-refractivity contribution < 1.29 is 4.79 Å². The topological polar surface area (TPSA) is 105 Å². The van der Waals surface area contributed by atoms with Crippen LogP contribution in [0.3, 0.4) is 0 Å². The lowest BCUT2D eigenvalue weighted by molar-refractivity contribution is 0.0968. The maximum Gasteiger partial charge on any atom is 0.169 e. The first kappa shape index (κ1) is 19.7. The van der Waals surface area contributed by atoms with E-state index < -0.39 is 0 Å². The highest BCUT2D eigenvalue weighted by atomic mass is 16.1. The zero-order valence-corrected chi connectivity index (χ0v) is 17.3. The molecular weight excluding hydrogens is 386 g/mol. The Kier molecular flexibility index (Phi) is 5.13. The Hall–Kier alpha value is -3.30. The van der Waals surface area contributed by atoms with E-state index in [1.54, 1.807) is 18.5 Å². The van der Waals surface area contributed by atoms with Crippen LogP contribution in [-0.4, -0.2) is 27.8 Å². The number of rotatable bonds is 5. The van der Waals surface area contributed by atoms with E-state index in [9.17, 15) is 4.79 Å². The second kappa shape index (κ2) is 8.09. The van der Waals surface area contributed by atoms with Crippen LogP contribution in [0.5, 0.6) is 0 Å². The van der Waals surface area contributed by atoms with Gasteiger partial charge in [-0.15, -0.1) is 0 Å². The molecule has 2 fully saturated rings. The van der Waals surface area contributed by atoms with Crippen molar-refractivity contribution in [2.45, 2.75) is 50.6 Å². The van der Waals surface area contributed by atoms with Gasteiger partial charge in [-0.1, -0.05) is 6.07 Å². The van der Waals surface area contributed by atoms with Crippen molar-refractivity contribution in [3.8, 4) is 17.2 Å². The number of carbonyl (C=O) groups excluding carboxylic acids is 1. The van der Waals surface area contributed by atoms with Gasteiger partial charge in [0.05, 0.1) is 16.8 Å². The zero-order valence-electron chi connectivity index (χ0n) is 17.3. The molecule has 2 heterocycles. The van der Waals surface area contributed by atoms with Crippen LogP contribution in [0.25, 0.3) is 22.0 Å². The molecule has 5 rings (SSSR count). The highest BCUT2D eigenvalue weighted by Gasteiger charge is 2.33. The maximum atomic E-state index is 13.1. The Bertz CT molecular complexity index is 1170. The van der Waals surface area contributed by atoms with Gasteiger partial charge in [-0.2, -0.15) is 5.26 Å². The number of benzene rings is 1. The number of nitriles is 1. The number of Topliss-reactive ketones (excluding diaryl/α,β-unsaturated/α-hetero) is 1. The lowest BCUT2D eigenvalue weighted by Gasteiger charge is -2.29. The summed E-state index contributed by atoms with van der Waals surface area (Å²) < 4.78 is 0. The molecule has 1 aromatic carbocycles. The van der Waals surface area contributed by atoms with Crippen LogP contribution in [0.2, 0.25) is 0 Å². The number of pyridine rings is 2. The molecule has 0 bridgehead atoms. The molecule has 2 aliphatic carbocycles. The molecule has 2 aromatic heterocycles. The molecule has 0 atom stereocenters. The third-order valence-electron chi connectivity index (χ3n) is 6.41. The Morgan fingerprint density at radius 1 is 1.00 bits per heavy atom. The summed E-state index contributed by atoms with van der Waals surface area (Å²) in [4.78, 5) is 21.8. The maximum absolute atomic E-state index is 13.1. The minimum Gasteiger partial charge on any atom is -0.381 e. The smallest absolute Gasteiger partial charge is 0.169 e. The lowest BCUT2D eigenvalue weighted by atomic mass is 9.91. The van der Waals surface area contributed by atoms with Crippen LogP contribution >= 0.6 is 0 Å². The number of hydrogen-bond donors (Lipinski definition) is 2. The number of fused-ring (bicyclic) bond motifs is 1. The zero-order chi connectivity index (χ0) is 21.4. The van der Waals surface area contributed by atoms with Crippen molar-refractivity contribution in [3.05, 3.63) is 54.0 Å². The third kappa shape index (κ3) is 4.01. The molecule has 0 amide bonds. The summed E-state index contributed by atoms with van der Waals surface area (Å²) in [5.41, 5.74) is 10.8. The second-order valence-electron chi connectivity index (χ2n) is 8.72. The molecule has 6 nitrogen and oxygen atoms in total. The molecule has 2 saturated carbocycles. The number of aromatic nitrogens is 2. The summed E-state index contributed by atoms with van der Waals surface area (Å²) in [6.07, 6.45) is 9.37. The predicted molar refractivity (Wildman–Crippen MR) is 121 cm³/mol. The molecule has 0 unspecified atom stereocenters. The van der Waals surface area contributed by atoms with Crippen molar-refractivity contribution in [3.63, 3.8) is 0 Å². The first-order valence-corrected chi connectivity index (χ1v) is 11.0. The molecule has 0 aliphatic heterocycles. The van der Waals surface area contributed by atoms with Crippen molar-refractivity contribution in [2.24, 2.45) is 11.7 Å². The summed E-state index contributed by atoms with van der Waals surface area (Å²) in [6, 6.07) is 12.3. The fraction of sp³-hybridized carbons (Fsp3) is 0.360. The van der Waals surface area contributed by atoms with Crippen molar-refractivity contribution in [1.29, 1.82) is 5.26 Å². The fourth-order valence-corrected chi connectivity index (χ4v) is 4.38. The number of nitrogens with zero attached hydrogens (tertiary/aromatic N) is 3.